The van der Waals surface area contributed by atoms with E-state index < -0.39 is 11.5 Å². The van der Waals surface area contributed by atoms with E-state index in [2.05, 4.69) is 5.32 Å². The fourth-order valence-corrected chi connectivity index (χ4v) is 2.40. The molecule has 0 saturated heterocycles. The lowest BCUT2D eigenvalue weighted by molar-refractivity contribution is -0.140. The van der Waals surface area contributed by atoms with E-state index in [0.717, 1.165) is 24.8 Å². The zero-order valence-corrected chi connectivity index (χ0v) is 10.7. The van der Waals surface area contributed by atoms with Crippen molar-refractivity contribution >= 4 is 17.6 Å². The molecule has 1 fully saturated rings. The number of carbonyl (C=O) groups is 2. The number of nitrogens with one attached hydrogen (secondary N) is 1. The third kappa shape index (κ3) is 3.47. The lowest BCUT2D eigenvalue weighted by Gasteiger charge is -2.41. The topological polar surface area (TPSA) is 92.4 Å². The van der Waals surface area contributed by atoms with E-state index in [-0.39, 0.29) is 18.7 Å². The number of hydrogen-bond donors (Lipinski definition) is 3. The fourth-order valence-electron chi connectivity index (χ4n) is 2.40. The first-order valence-electron chi connectivity index (χ1n) is 6.36. The van der Waals surface area contributed by atoms with Gasteiger partial charge in [0.1, 0.15) is 0 Å². The molecule has 2 rings (SSSR count). The van der Waals surface area contributed by atoms with Gasteiger partial charge in [-0.05, 0) is 37.0 Å². The zero-order chi connectivity index (χ0) is 13.9. The number of amides is 1. The van der Waals surface area contributed by atoms with Crippen LogP contribution in [0.2, 0.25) is 0 Å². The van der Waals surface area contributed by atoms with Gasteiger partial charge < -0.3 is 16.2 Å². The third-order valence-electron chi connectivity index (χ3n) is 3.55. The summed E-state index contributed by atoms with van der Waals surface area (Å²) in [7, 11) is 0. The van der Waals surface area contributed by atoms with Gasteiger partial charge in [0, 0.05) is 5.69 Å². The van der Waals surface area contributed by atoms with E-state index in [4.69, 9.17) is 10.8 Å². The fraction of sp³-hybridized carbons (Fsp3) is 0.429. The summed E-state index contributed by atoms with van der Waals surface area (Å²) in [6.45, 7) is 0. The number of hydrogen-bond acceptors (Lipinski definition) is 3. The standard InChI is InChI=1S/C14H18N2O3/c15-11-4-2-10(3-5-11)8-12(17)16-14(6-1-7-14)9-13(18)19/h2-5H,1,6-9,15H2,(H,16,17)(H,18,19). The minimum absolute atomic E-state index is 0.000474. The quantitative estimate of drug-likeness (QED) is 0.698. The van der Waals surface area contributed by atoms with Crippen molar-refractivity contribution in [3.05, 3.63) is 29.8 Å². The summed E-state index contributed by atoms with van der Waals surface area (Å²) in [5.41, 5.74) is 6.58. The highest BCUT2D eigenvalue weighted by Crippen LogP contribution is 2.34. The molecular weight excluding hydrogens is 244 g/mol. The predicted octanol–water partition coefficient (Wildman–Crippen LogP) is 1.32. The van der Waals surface area contributed by atoms with Gasteiger partial charge in [-0.1, -0.05) is 12.1 Å². The number of anilines is 1. The van der Waals surface area contributed by atoms with E-state index in [1.807, 2.05) is 0 Å². The summed E-state index contributed by atoms with van der Waals surface area (Å²) in [6.07, 6.45) is 2.71. The summed E-state index contributed by atoms with van der Waals surface area (Å²) in [5, 5.41) is 11.8. The van der Waals surface area contributed by atoms with Gasteiger partial charge >= 0.3 is 5.97 Å². The van der Waals surface area contributed by atoms with Crippen molar-refractivity contribution in [2.45, 2.75) is 37.6 Å². The van der Waals surface area contributed by atoms with Crippen LogP contribution in [0.4, 0.5) is 5.69 Å². The number of nitrogen functional groups attached to an aromatic ring is 1. The molecule has 1 saturated carbocycles. The van der Waals surface area contributed by atoms with Crippen molar-refractivity contribution in [2.75, 3.05) is 5.73 Å². The molecule has 5 nitrogen and oxygen atoms in total. The van der Waals surface area contributed by atoms with Crippen LogP contribution in [0.5, 0.6) is 0 Å². The highest BCUT2D eigenvalue weighted by atomic mass is 16.4. The average Bonchev–Trinajstić information content (AvgIpc) is 2.28. The highest BCUT2D eigenvalue weighted by molar-refractivity contribution is 5.80. The Balaban J connectivity index is 1.93. The number of carbonyl (C=O) groups excluding carboxylic acids is 1. The Morgan fingerprint density at radius 2 is 1.89 bits per heavy atom. The number of rotatable bonds is 5. The summed E-state index contributed by atoms with van der Waals surface area (Å²) in [4.78, 5) is 22.8. The van der Waals surface area contributed by atoms with Gasteiger partial charge in [-0.3, -0.25) is 9.59 Å². The van der Waals surface area contributed by atoms with Crippen LogP contribution in [0, 0.1) is 0 Å². The van der Waals surface area contributed by atoms with E-state index >= 15 is 0 Å². The van der Waals surface area contributed by atoms with Crippen molar-refractivity contribution in [1.29, 1.82) is 0 Å². The molecule has 0 spiro atoms. The summed E-state index contributed by atoms with van der Waals surface area (Å²) >= 11 is 0. The normalized spacial score (nSPS) is 16.4. The van der Waals surface area contributed by atoms with Crippen molar-refractivity contribution < 1.29 is 14.7 Å². The molecule has 0 unspecified atom stereocenters. The van der Waals surface area contributed by atoms with Crippen LogP contribution in [-0.2, 0) is 16.0 Å². The molecule has 0 bridgehead atoms. The van der Waals surface area contributed by atoms with Crippen LogP contribution in [-0.4, -0.2) is 22.5 Å². The lowest BCUT2D eigenvalue weighted by atomic mass is 9.74. The van der Waals surface area contributed by atoms with Crippen LogP contribution in [0.15, 0.2) is 24.3 Å². The molecule has 1 aromatic rings. The van der Waals surface area contributed by atoms with Crippen LogP contribution < -0.4 is 11.1 Å². The van der Waals surface area contributed by atoms with Crippen molar-refractivity contribution in [2.24, 2.45) is 0 Å². The van der Waals surface area contributed by atoms with Crippen LogP contribution >= 0.6 is 0 Å². The minimum Gasteiger partial charge on any atom is -0.481 e. The maximum Gasteiger partial charge on any atom is 0.305 e. The largest absolute Gasteiger partial charge is 0.481 e. The molecule has 0 aliphatic heterocycles. The van der Waals surface area contributed by atoms with Crippen LogP contribution in [0.1, 0.15) is 31.2 Å². The molecule has 5 heteroatoms. The Bertz CT molecular complexity index is 478. The summed E-state index contributed by atoms with van der Waals surface area (Å²) in [5.74, 6) is -1.00. The Labute approximate surface area is 111 Å². The number of aliphatic carboxylic acids is 1. The molecule has 1 amide bonds. The molecule has 0 radical (unpaired) electrons. The van der Waals surface area contributed by atoms with Crippen molar-refractivity contribution in [1.82, 2.24) is 5.32 Å². The first kappa shape index (κ1) is 13.4. The van der Waals surface area contributed by atoms with Gasteiger partial charge in [0.15, 0.2) is 0 Å². The second-order valence-corrected chi connectivity index (χ2v) is 5.17. The molecular formula is C14H18N2O3. The number of benzene rings is 1. The second-order valence-electron chi connectivity index (χ2n) is 5.17. The van der Waals surface area contributed by atoms with E-state index in [9.17, 15) is 9.59 Å². The number of nitrogens with two attached hydrogens (primary N) is 1. The van der Waals surface area contributed by atoms with Gasteiger partial charge in [0.05, 0.1) is 18.4 Å². The second kappa shape index (κ2) is 5.30. The summed E-state index contributed by atoms with van der Waals surface area (Å²) < 4.78 is 0. The van der Waals surface area contributed by atoms with Crippen LogP contribution in [0.3, 0.4) is 0 Å². The molecule has 4 N–H and O–H groups in total. The molecule has 19 heavy (non-hydrogen) atoms. The molecule has 102 valence electrons. The van der Waals surface area contributed by atoms with Gasteiger partial charge in [-0.15, -0.1) is 0 Å². The third-order valence-corrected chi connectivity index (χ3v) is 3.55. The number of carboxylic acids is 1. The number of carboxylic acid groups (broad SMARTS) is 1. The maximum absolute atomic E-state index is 12.0. The van der Waals surface area contributed by atoms with E-state index in [1.165, 1.54) is 0 Å². The molecule has 0 heterocycles. The maximum atomic E-state index is 12.0. The molecule has 0 aromatic heterocycles. The van der Waals surface area contributed by atoms with Gasteiger partial charge in [0.25, 0.3) is 0 Å². The first-order chi connectivity index (χ1) is 8.99. The Morgan fingerprint density at radius 1 is 1.26 bits per heavy atom. The lowest BCUT2D eigenvalue weighted by Crippen LogP contribution is -2.55. The highest BCUT2D eigenvalue weighted by Gasteiger charge is 2.40. The van der Waals surface area contributed by atoms with Gasteiger partial charge in [0.2, 0.25) is 5.91 Å². The minimum atomic E-state index is -0.868. The van der Waals surface area contributed by atoms with Gasteiger partial charge in [-0.25, -0.2) is 0 Å². The Hall–Kier alpha value is -2.04. The molecule has 1 aliphatic rings. The Morgan fingerprint density at radius 3 is 2.37 bits per heavy atom. The molecule has 0 atom stereocenters. The van der Waals surface area contributed by atoms with E-state index in [1.54, 1.807) is 24.3 Å². The Kier molecular flexibility index (Phi) is 3.74. The monoisotopic (exact) mass is 262 g/mol. The van der Waals surface area contributed by atoms with Gasteiger partial charge in [-0.2, -0.15) is 0 Å². The first-order valence-corrected chi connectivity index (χ1v) is 6.36. The van der Waals surface area contributed by atoms with Crippen molar-refractivity contribution in [3.63, 3.8) is 0 Å². The average molecular weight is 262 g/mol. The molecule has 1 aromatic carbocycles. The van der Waals surface area contributed by atoms with Crippen molar-refractivity contribution in [3.8, 4) is 0 Å². The molecule has 1 aliphatic carbocycles. The summed E-state index contributed by atoms with van der Waals surface area (Å²) in [6, 6.07) is 7.11. The zero-order valence-electron chi connectivity index (χ0n) is 10.7. The smallest absolute Gasteiger partial charge is 0.305 e. The van der Waals surface area contributed by atoms with Crippen LogP contribution in [0.25, 0.3) is 0 Å². The van der Waals surface area contributed by atoms with E-state index in [0.29, 0.717) is 5.69 Å². The predicted molar refractivity (Wildman–Crippen MR) is 71.5 cm³/mol. The SMILES string of the molecule is Nc1ccc(CC(=O)NC2(CC(=O)O)CCC2)cc1.